The first-order valence-electron chi connectivity index (χ1n) is 5.18. The monoisotopic (exact) mass is 305 g/mol. The summed E-state index contributed by atoms with van der Waals surface area (Å²) in [5.74, 6) is 0.327. The third-order valence-corrected chi connectivity index (χ3v) is 3.65. The van der Waals surface area contributed by atoms with Crippen molar-refractivity contribution in [3.05, 3.63) is 20.8 Å². The second-order valence-corrected chi connectivity index (χ2v) is 6.41. The number of hydrogen-bond acceptors (Lipinski definition) is 3. The van der Waals surface area contributed by atoms with Gasteiger partial charge in [-0.25, -0.2) is 0 Å². The zero-order valence-corrected chi connectivity index (χ0v) is 11.8. The van der Waals surface area contributed by atoms with Crippen molar-refractivity contribution in [1.82, 2.24) is 5.32 Å². The number of nitrogens with one attached hydrogen (secondary N) is 1. The van der Waals surface area contributed by atoms with Crippen LogP contribution in [0.1, 0.15) is 30.6 Å². The predicted octanol–water partition coefficient (Wildman–Crippen LogP) is 2.65. The lowest BCUT2D eigenvalue weighted by molar-refractivity contribution is 0.0909. The summed E-state index contributed by atoms with van der Waals surface area (Å²) in [6, 6.07) is 1.62. The van der Waals surface area contributed by atoms with E-state index in [0.717, 1.165) is 10.2 Å². The summed E-state index contributed by atoms with van der Waals surface area (Å²) in [5, 5.41) is 13.8. The van der Waals surface area contributed by atoms with Crippen molar-refractivity contribution >= 4 is 33.2 Å². The molecular formula is C11H16BrNO2S. The van der Waals surface area contributed by atoms with Crippen LogP contribution in [0.25, 0.3) is 0 Å². The van der Waals surface area contributed by atoms with Gasteiger partial charge in [-0.3, -0.25) is 4.79 Å². The Balaban J connectivity index is 2.55. The topological polar surface area (TPSA) is 49.3 Å². The highest BCUT2D eigenvalue weighted by atomic mass is 79.9. The van der Waals surface area contributed by atoms with Crippen LogP contribution >= 0.6 is 27.3 Å². The molecule has 1 aromatic rings. The summed E-state index contributed by atoms with van der Waals surface area (Å²) < 4.78 is 0.932. The molecule has 5 heteroatoms. The molecule has 0 aliphatic heterocycles. The summed E-state index contributed by atoms with van der Waals surface area (Å²) in [5.41, 5.74) is 0.638. The predicted molar refractivity (Wildman–Crippen MR) is 69.8 cm³/mol. The van der Waals surface area contributed by atoms with Crippen molar-refractivity contribution in [3.63, 3.8) is 0 Å². The van der Waals surface area contributed by atoms with Gasteiger partial charge in [0.2, 0.25) is 0 Å². The van der Waals surface area contributed by atoms with Crippen LogP contribution in [0.2, 0.25) is 0 Å². The van der Waals surface area contributed by atoms with E-state index in [1.165, 1.54) is 11.3 Å². The Morgan fingerprint density at radius 1 is 1.62 bits per heavy atom. The molecule has 3 nitrogen and oxygen atoms in total. The van der Waals surface area contributed by atoms with Gasteiger partial charge in [-0.2, -0.15) is 0 Å². The quantitative estimate of drug-likeness (QED) is 0.878. The number of hydrogen-bond donors (Lipinski definition) is 2. The Hall–Kier alpha value is -0.390. The Kier molecular flexibility index (Phi) is 5.44. The van der Waals surface area contributed by atoms with E-state index in [1.807, 2.05) is 0 Å². The lowest BCUT2D eigenvalue weighted by Crippen LogP contribution is -2.38. The SMILES string of the molecule is CC(C)CC(CO)NC(=O)c1csc(Br)c1. The van der Waals surface area contributed by atoms with Crippen LogP contribution in [0.3, 0.4) is 0 Å². The molecule has 16 heavy (non-hydrogen) atoms. The Labute approximate surface area is 108 Å². The zero-order chi connectivity index (χ0) is 12.1. The van der Waals surface area contributed by atoms with Gasteiger partial charge in [0.25, 0.3) is 5.91 Å². The van der Waals surface area contributed by atoms with Crippen LogP contribution < -0.4 is 5.32 Å². The first-order chi connectivity index (χ1) is 7.52. The molecule has 0 aromatic carbocycles. The fraction of sp³-hybridized carbons (Fsp3) is 0.545. The van der Waals surface area contributed by atoms with Crippen LogP contribution in [-0.4, -0.2) is 23.7 Å². The van der Waals surface area contributed by atoms with Gasteiger partial charge in [0, 0.05) is 5.38 Å². The summed E-state index contributed by atoms with van der Waals surface area (Å²) >= 11 is 4.79. The minimum absolute atomic E-state index is 0.0186. The van der Waals surface area contributed by atoms with Crippen LogP contribution in [0.15, 0.2) is 15.2 Å². The number of thiophene rings is 1. The summed E-state index contributed by atoms with van der Waals surface area (Å²) in [7, 11) is 0. The lowest BCUT2D eigenvalue weighted by Gasteiger charge is -2.17. The highest BCUT2D eigenvalue weighted by Gasteiger charge is 2.15. The number of amides is 1. The maximum absolute atomic E-state index is 11.8. The van der Waals surface area contributed by atoms with Gasteiger partial charge < -0.3 is 10.4 Å². The molecular weight excluding hydrogens is 290 g/mol. The number of carbonyl (C=O) groups excluding carboxylic acids is 1. The average molecular weight is 306 g/mol. The number of aliphatic hydroxyl groups is 1. The van der Waals surface area contributed by atoms with Gasteiger partial charge in [-0.05, 0) is 34.3 Å². The van der Waals surface area contributed by atoms with E-state index >= 15 is 0 Å². The maximum atomic E-state index is 11.8. The van der Waals surface area contributed by atoms with Crippen LogP contribution in [0.4, 0.5) is 0 Å². The maximum Gasteiger partial charge on any atom is 0.252 e. The fourth-order valence-corrected chi connectivity index (χ4v) is 2.58. The van der Waals surface area contributed by atoms with Gasteiger partial charge in [-0.1, -0.05) is 13.8 Å². The molecule has 0 aliphatic rings. The van der Waals surface area contributed by atoms with Crippen LogP contribution in [0, 0.1) is 5.92 Å². The molecule has 1 unspecified atom stereocenters. The molecule has 0 saturated carbocycles. The smallest absolute Gasteiger partial charge is 0.252 e. The molecule has 1 rings (SSSR count). The fourth-order valence-electron chi connectivity index (χ4n) is 1.45. The second-order valence-electron chi connectivity index (χ2n) is 4.12. The lowest BCUT2D eigenvalue weighted by atomic mass is 10.0. The number of carbonyl (C=O) groups is 1. The molecule has 1 atom stereocenters. The van der Waals surface area contributed by atoms with E-state index < -0.39 is 0 Å². The molecule has 0 fully saturated rings. The van der Waals surface area contributed by atoms with E-state index in [9.17, 15) is 4.79 Å². The van der Waals surface area contributed by atoms with Crippen molar-refractivity contribution in [1.29, 1.82) is 0 Å². The zero-order valence-electron chi connectivity index (χ0n) is 9.37. The van der Waals surface area contributed by atoms with Crippen LogP contribution in [-0.2, 0) is 0 Å². The summed E-state index contributed by atoms with van der Waals surface area (Å²) in [4.78, 5) is 11.8. The summed E-state index contributed by atoms with van der Waals surface area (Å²) in [6.45, 7) is 4.11. The van der Waals surface area contributed by atoms with E-state index in [0.29, 0.717) is 11.5 Å². The van der Waals surface area contributed by atoms with E-state index in [-0.39, 0.29) is 18.6 Å². The minimum atomic E-state index is -0.161. The van der Waals surface area contributed by atoms with Gasteiger partial charge >= 0.3 is 0 Å². The Morgan fingerprint density at radius 3 is 2.75 bits per heavy atom. The Bertz CT molecular complexity index is 352. The van der Waals surface area contributed by atoms with Gasteiger partial charge in [0.05, 0.1) is 22.0 Å². The van der Waals surface area contributed by atoms with Crippen molar-refractivity contribution in [2.45, 2.75) is 26.3 Å². The third kappa shape index (κ3) is 4.23. The Morgan fingerprint density at radius 2 is 2.31 bits per heavy atom. The molecule has 0 radical (unpaired) electrons. The van der Waals surface area contributed by atoms with Crippen molar-refractivity contribution < 1.29 is 9.90 Å². The first-order valence-corrected chi connectivity index (χ1v) is 6.86. The molecule has 2 N–H and O–H groups in total. The van der Waals surface area contributed by atoms with Gasteiger partial charge in [0.1, 0.15) is 0 Å². The van der Waals surface area contributed by atoms with Crippen molar-refractivity contribution in [2.75, 3.05) is 6.61 Å². The molecule has 0 spiro atoms. The van der Waals surface area contributed by atoms with Gasteiger partial charge in [0.15, 0.2) is 0 Å². The van der Waals surface area contributed by atoms with E-state index in [2.05, 4.69) is 35.1 Å². The molecule has 90 valence electrons. The van der Waals surface area contributed by atoms with Crippen molar-refractivity contribution in [3.8, 4) is 0 Å². The molecule has 1 amide bonds. The molecule has 1 aromatic heterocycles. The highest BCUT2D eigenvalue weighted by Crippen LogP contribution is 2.20. The largest absolute Gasteiger partial charge is 0.394 e. The minimum Gasteiger partial charge on any atom is -0.394 e. The third-order valence-electron chi connectivity index (χ3n) is 2.14. The highest BCUT2D eigenvalue weighted by molar-refractivity contribution is 9.11. The molecule has 0 aliphatic carbocycles. The van der Waals surface area contributed by atoms with E-state index in [1.54, 1.807) is 11.4 Å². The van der Waals surface area contributed by atoms with Crippen LogP contribution in [0.5, 0.6) is 0 Å². The van der Waals surface area contributed by atoms with Gasteiger partial charge in [-0.15, -0.1) is 11.3 Å². The normalized spacial score (nSPS) is 12.8. The number of aliphatic hydroxyl groups excluding tert-OH is 1. The standard InChI is InChI=1S/C11H16BrNO2S/c1-7(2)3-9(5-14)13-11(15)8-4-10(12)16-6-8/h4,6-7,9,14H,3,5H2,1-2H3,(H,13,15). The first kappa shape index (κ1) is 13.7. The number of halogens is 1. The van der Waals surface area contributed by atoms with E-state index in [4.69, 9.17) is 5.11 Å². The second kappa shape index (κ2) is 6.37. The van der Waals surface area contributed by atoms with Crippen molar-refractivity contribution in [2.24, 2.45) is 5.92 Å². The molecule has 1 heterocycles. The molecule has 0 saturated heterocycles. The number of rotatable bonds is 5. The summed E-state index contributed by atoms with van der Waals surface area (Å²) in [6.07, 6.45) is 0.785. The molecule has 0 bridgehead atoms. The average Bonchev–Trinajstić information content (AvgIpc) is 2.63.